The molecule has 0 atom stereocenters. The zero-order valence-corrected chi connectivity index (χ0v) is 14.9. The van der Waals surface area contributed by atoms with Gasteiger partial charge in [0.25, 0.3) is 0 Å². The van der Waals surface area contributed by atoms with Gasteiger partial charge >= 0.3 is 0 Å². The molecule has 1 aliphatic heterocycles. The van der Waals surface area contributed by atoms with Crippen LogP contribution in [0.5, 0.6) is 0 Å². The van der Waals surface area contributed by atoms with E-state index in [0.29, 0.717) is 5.56 Å². The largest absolute Gasteiger partial charge is 0.349 e. The van der Waals surface area contributed by atoms with Gasteiger partial charge in [-0.1, -0.05) is 19.3 Å². The SMILES string of the molecule is CCn1c(C)cc(C(=O)CN2C(=O)CC3(CCCCC3)C2=O)c1C. The maximum Gasteiger partial charge on any atom is 0.236 e. The van der Waals surface area contributed by atoms with Gasteiger partial charge in [-0.15, -0.1) is 0 Å². The number of hydrogen-bond donors (Lipinski definition) is 0. The van der Waals surface area contributed by atoms with Crippen LogP contribution in [0.1, 0.15) is 67.2 Å². The number of carbonyl (C=O) groups excluding carboxylic acids is 3. The molecule has 2 amide bonds. The minimum Gasteiger partial charge on any atom is -0.349 e. The lowest BCUT2D eigenvalue weighted by Gasteiger charge is -2.30. The van der Waals surface area contributed by atoms with Crippen LogP contribution in [0.4, 0.5) is 0 Å². The van der Waals surface area contributed by atoms with Crippen molar-refractivity contribution in [3.63, 3.8) is 0 Å². The van der Waals surface area contributed by atoms with E-state index in [9.17, 15) is 14.4 Å². The normalized spacial score (nSPS) is 20.2. The summed E-state index contributed by atoms with van der Waals surface area (Å²) >= 11 is 0. The molecule has 1 aliphatic carbocycles. The van der Waals surface area contributed by atoms with Crippen LogP contribution in [-0.2, 0) is 16.1 Å². The van der Waals surface area contributed by atoms with Crippen LogP contribution in [-0.4, -0.2) is 33.6 Å². The Morgan fingerprint density at radius 3 is 2.42 bits per heavy atom. The molecule has 2 aliphatic rings. The maximum atomic E-state index is 12.8. The summed E-state index contributed by atoms with van der Waals surface area (Å²) in [6, 6.07) is 1.86. The summed E-state index contributed by atoms with van der Waals surface area (Å²) in [6.07, 6.45) is 4.98. The molecule has 3 rings (SSSR count). The van der Waals surface area contributed by atoms with Crippen LogP contribution in [0, 0.1) is 19.3 Å². The third kappa shape index (κ3) is 2.60. The highest BCUT2D eigenvalue weighted by molar-refractivity contribution is 6.10. The van der Waals surface area contributed by atoms with Gasteiger partial charge in [-0.2, -0.15) is 0 Å². The Morgan fingerprint density at radius 1 is 1.17 bits per heavy atom. The number of imide groups is 1. The van der Waals surface area contributed by atoms with Crippen molar-refractivity contribution in [1.29, 1.82) is 0 Å². The first-order chi connectivity index (χ1) is 11.4. The van der Waals surface area contributed by atoms with Crippen LogP contribution in [0.25, 0.3) is 0 Å². The number of ketones is 1. The number of amides is 2. The summed E-state index contributed by atoms with van der Waals surface area (Å²) in [5.41, 5.74) is 2.04. The summed E-state index contributed by atoms with van der Waals surface area (Å²) in [7, 11) is 0. The lowest BCUT2D eigenvalue weighted by Crippen LogP contribution is -2.39. The first kappa shape index (κ1) is 16.9. The van der Waals surface area contributed by atoms with Crippen LogP contribution in [0.2, 0.25) is 0 Å². The van der Waals surface area contributed by atoms with Crippen LogP contribution < -0.4 is 0 Å². The van der Waals surface area contributed by atoms with Crippen molar-refractivity contribution >= 4 is 17.6 Å². The van der Waals surface area contributed by atoms with E-state index >= 15 is 0 Å². The number of aromatic nitrogens is 1. The van der Waals surface area contributed by atoms with Crippen molar-refractivity contribution in [2.24, 2.45) is 5.41 Å². The molecule has 2 heterocycles. The Labute approximate surface area is 143 Å². The van der Waals surface area contributed by atoms with E-state index < -0.39 is 5.41 Å². The highest BCUT2D eigenvalue weighted by atomic mass is 16.2. The molecule has 1 spiro atoms. The molecule has 0 radical (unpaired) electrons. The van der Waals surface area contributed by atoms with Gasteiger partial charge in [-0.25, -0.2) is 0 Å². The second-order valence-electron chi connectivity index (χ2n) is 7.26. The average molecular weight is 330 g/mol. The van der Waals surface area contributed by atoms with Crippen molar-refractivity contribution < 1.29 is 14.4 Å². The lowest BCUT2D eigenvalue weighted by atomic mass is 9.73. The molecule has 0 N–H and O–H groups in total. The molecule has 2 fully saturated rings. The number of rotatable bonds is 4. The highest BCUT2D eigenvalue weighted by Crippen LogP contribution is 2.45. The van der Waals surface area contributed by atoms with E-state index in [2.05, 4.69) is 4.57 Å². The fourth-order valence-corrected chi connectivity index (χ4v) is 4.44. The van der Waals surface area contributed by atoms with Crippen LogP contribution in [0.3, 0.4) is 0 Å². The summed E-state index contributed by atoms with van der Waals surface area (Å²) in [6.45, 7) is 6.61. The molecule has 0 bridgehead atoms. The number of likely N-dealkylation sites (tertiary alicyclic amines) is 1. The Bertz CT molecular complexity index is 696. The van der Waals surface area contributed by atoms with E-state index in [0.717, 1.165) is 50.0 Å². The summed E-state index contributed by atoms with van der Waals surface area (Å²) < 4.78 is 2.07. The Balaban J connectivity index is 1.79. The van der Waals surface area contributed by atoms with Crippen molar-refractivity contribution in [1.82, 2.24) is 9.47 Å². The van der Waals surface area contributed by atoms with Gasteiger partial charge in [0.1, 0.15) is 0 Å². The zero-order valence-electron chi connectivity index (χ0n) is 14.9. The molecular formula is C19H26N2O3. The topological polar surface area (TPSA) is 59.4 Å². The Hall–Kier alpha value is -1.91. The fourth-order valence-electron chi connectivity index (χ4n) is 4.44. The van der Waals surface area contributed by atoms with Crippen LogP contribution in [0.15, 0.2) is 6.07 Å². The summed E-state index contributed by atoms with van der Waals surface area (Å²) in [5.74, 6) is -0.443. The number of aryl methyl sites for hydroxylation is 1. The van der Waals surface area contributed by atoms with Gasteiger partial charge in [0.05, 0.1) is 12.0 Å². The number of hydrogen-bond acceptors (Lipinski definition) is 3. The lowest BCUT2D eigenvalue weighted by molar-refractivity contribution is -0.141. The zero-order chi connectivity index (χ0) is 17.5. The highest BCUT2D eigenvalue weighted by Gasteiger charge is 2.51. The second-order valence-corrected chi connectivity index (χ2v) is 7.26. The molecule has 1 saturated heterocycles. The second kappa shape index (κ2) is 6.19. The van der Waals surface area contributed by atoms with Gasteiger partial charge < -0.3 is 4.57 Å². The summed E-state index contributed by atoms with van der Waals surface area (Å²) in [4.78, 5) is 39.1. The predicted molar refractivity (Wildman–Crippen MR) is 90.8 cm³/mol. The Morgan fingerprint density at radius 2 is 1.83 bits per heavy atom. The predicted octanol–water partition coefficient (Wildman–Crippen LogP) is 3.02. The fraction of sp³-hybridized carbons (Fsp3) is 0.632. The summed E-state index contributed by atoms with van der Waals surface area (Å²) in [5, 5.41) is 0. The third-order valence-corrected chi connectivity index (χ3v) is 5.79. The monoisotopic (exact) mass is 330 g/mol. The van der Waals surface area contributed by atoms with Gasteiger partial charge in [0.2, 0.25) is 11.8 Å². The third-order valence-electron chi connectivity index (χ3n) is 5.79. The number of carbonyl (C=O) groups is 3. The molecular weight excluding hydrogens is 304 g/mol. The minimum atomic E-state index is -0.518. The smallest absolute Gasteiger partial charge is 0.236 e. The van der Waals surface area contributed by atoms with Gasteiger partial charge in [-0.3, -0.25) is 19.3 Å². The molecule has 5 heteroatoms. The van der Waals surface area contributed by atoms with Crippen molar-refractivity contribution in [2.75, 3.05) is 6.54 Å². The van der Waals surface area contributed by atoms with Gasteiger partial charge in [0, 0.05) is 29.9 Å². The molecule has 130 valence electrons. The minimum absolute atomic E-state index is 0.118. The first-order valence-corrected chi connectivity index (χ1v) is 8.94. The van der Waals surface area contributed by atoms with E-state index in [1.165, 1.54) is 4.90 Å². The van der Waals surface area contributed by atoms with Crippen molar-refractivity contribution in [2.45, 2.75) is 65.8 Å². The first-order valence-electron chi connectivity index (χ1n) is 8.94. The molecule has 24 heavy (non-hydrogen) atoms. The molecule has 5 nitrogen and oxygen atoms in total. The van der Waals surface area contributed by atoms with E-state index in [1.54, 1.807) is 0 Å². The molecule has 1 saturated carbocycles. The van der Waals surface area contributed by atoms with E-state index in [4.69, 9.17) is 0 Å². The van der Waals surface area contributed by atoms with Gasteiger partial charge in [-0.05, 0) is 39.7 Å². The number of nitrogens with zero attached hydrogens (tertiary/aromatic N) is 2. The Kier molecular flexibility index (Phi) is 4.37. The average Bonchev–Trinajstić information content (AvgIpc) is 2.96. The van der Waals surface area contributed by atoms with E-state index in [1.807, 2.05) is 26.8 Å². The maximum absolute atomic E-state index is 12.8. The van der Waals surface area contributed by atoms with Gasteiger partial charge in [0.15, 0.2) is 5.78 Å². The number of Topliss-reactive ketones (excluding diaryl/α,β-unsaturated/α-hetero) is 1. The molecule has 0 unspecified atom stereocenters. The van der Waals surface area contributed by atoms with Crippen LogP contribution >= 0.6 is 0 Å². The van der Waals surface area contributed by atoms with E-state index in [-0.39, 0.29) is 30.6 Å². The quantitative estimate of drug-likeness (QED) is 0.630. The molecule has 0 aromatic carbocycles. The van der Waals surface area contributed by atoms with Crippen molar-refractivity contribution in [3.05, 3.63) is 23.0 Å². The standard InChI is InChI=1S/C19H26N2O3/c1-4-20-13(2)10-15(14(20)3)16(22)12-21-17(23)11-19(18(21)24)8-6-5-7-9-19/h10H,4-9,11-12H2,1-3H3. The van der Waals surface area contributed by atoms with Crippen molar-refractivity contribution in [3.8, 4) is 0 Å². The molecule has 1 aromatic heterocycles. The molecule has 1 aromatic rings.